The highest BCUT2D eigenvalue weighted by Gasteiger charge is 2.21. The monoisotopic (exact) mass is 547 g/mol. The Kier molecular flexibility index (Phi) is 8.88. The molecule has 0 fully saturated rings. The molecule has 3 rings (SSSR count). The van der Waals surface area contributed by atoms with Crippen LogP contribution in [-0.2, 0) is 16.2 Å². The third-order valence-corrected chi connectivity index (χ3v) is 5.87. The highest BCUT2D eigenvalue weighted by Crippen LogP contribution is 2.23. The largest absolute Gasteiger partial charge is 0.489 e. The summed E-state index contributed by atoms with van der Waals surface area (Å²) in [6, 6.07) is 19.5. The van der Waals surface area contributed by atoms with Crippen LogP contribution in [0.15, 0.2) is 76.3 Å². The van der Waals surface area contributed by atoms with E-state index in [4.69, 9.17) is 27.9 Å². The lowest BCUT2D eigenvalue weighted by atomic mass is 10.1. The summed E-state index contributed by atoms with van der Waals surface area (Å²) in [7, 11) is 0. The summed E-state index contributed by atoms with van der Waals surface area (Å²) in [6.07, 6.45) is 1.48. The summed E-state index contributed by atoms with van der Waals surface area (Å²) in [5.41, 5.74) is 4.55. The van der Waals surface area contributed by atoms with Gasteiger partial charge in [0.1, 0.15) is 18.3 Å². The van der Waals surface area contributed by atoms with Gasteiger partial charge in [-0.1, -0.05) is 41.4 Å². The summed E-state index contributed by atoms with van der Waals surface area (Å²) < 4.78 is 6.47. The van der Waals surface area contributed by atoms with E-state index >= 15 is 0 Å². The molecule has 9 heteroatoms. The van der Waals surface area contributed by atoms with Crippen LogP contribution < -0.4 is 15.5 Å². The number of nitrogens with zero attached hydrogens (tertiary/aromatic N) is 1. The molecule has 0 aliphatic heterocycles. The normalized spacial score (nSPS) is 11.8. The van der Waals surface area contributed by atoms with Crippen LogP contribution >= 0.6 is 39.1 Å². The zero-order valence-corrected chi connectivity index (χ0v) is 20.6. The van der Waals surface area contributed by atoms with Gasteiger partial charge in [-0.05, 0) is 76.9 Å². The summed E-state index contributed by atoms with van der Waals surface area (Å²) in [5.74, 6) is -1.23. The Balaban J connectivity index is 1.48. The summed E-state index contributed by atoms with van der Waals surface area (Å²) in [5, 5.41) is 7.75. The number of benzene rings is 3. The fourth-order valence-corrected chi connectivity index (χ4v) is 3.49. The van der Waals surface area contributed by atoms with Crippen molar-refractivity contribution < 1.29 is 14.3 Å². The molecule has 0 aliphatic carbocycles. The molecule has 0 saturated carbocycles. The first-order valence-corrected chi connectivity index (χ1v) is 11.4. The quantitative estimate of drug-likeness (QED) is 0.204. The average molecular weight is 549 g/mol. The molecule has 0 bridgehead atoms. The molecule has 170 valence electrons. The molecule has 3 aromatic rings. The zero-order chi connectivity index (χ0) is 23.8. The van der Waals surface area contributed by atoms with Crippen molar-refractivity contribution in [2.75, 3.05) is 5.32 Å². The number of halogens is 3. The van der Waals surface area contributed by atoms with E-state index in [1.54, 1.807) is 54.6 Å². The van der Waals surface area contributed by atoms with Crippen molar-refractivity contribution in [3.63, 3.8) is 0 Å². The molecular formula is C24H20BrCl2N3O3. The lowest BCUT2D eigenvalue weighted by Gasteiger charge is -2.11. The maximum absolute atomic E-state index is 12.3. The van der Waals surface area contributed by atoms with Gasteiger partial charge in [-0.3, -0.25) is 9.59 Å². The fraction of sp³-hybridized carbons (Fsp3) is 0.125. The number of carbonyl (C=O) groups is 2. The van der Waals surface area contributed by atoms with E-state index in [9.17, 15) is 9.59 Å². The highest BCUT2D eigenvalue weighted by atomic mass is 79.9. The molecule has 1 atom stereocenters. The van der Waals surface area contributed by atoms with E-state index in [0.29, 0.717) is 28.1 Å². The molecule has 0 radical (unpaired) electrons. The number of rotatable bonds is 8. The molecule has 3 aromatic carbocycles. The Morgan fingerprint density at radius 3 is 2.48 bits per heavy atom. The molecule has 2 amide bonds. The number of anilines is 1. The van der Waals surface area contributed by atoms with Crippen LogP contribution in [0.2, 0.25) is 10.0 Å². The van der Waals surface area contributed by atoms with Gasteiger partial charge in [0, 0.05) is 20.1 Å². The van der Waals surface area contributed by atoms with Gasteiger partial charge in [0.2, 0.25) is 5.91 Å². The van der Waals surface area contributed by atoms with E-state index in [0.717, 1.165) is 15.6 Å². The number of hydrogen-bond donors (Lipinski definition) is 2. The summed E-state index contributed by atoms with van der Waals surface area (Å²) in [4.78, 5) is 24.5. The van der Waals surface area contributed by atoms with Crippen LogP contribution in [0.1, 0.15) is 18.1 Å². The van der Waals surface area contributed by atoms with Crippen LogP contribution in [-0.4, -0.2) is 18.0 Å². The van der Waals surface area contributed by atoms with Crippen molar-refractivity contribution in [1.29, 1.82) is 0 Å². The predicted octanol–water partition coefficient (Wildman–Crippen LogP) is 6.06. The number of para-hydroxylation sites is 1. The first-order valence-electron chi connectivity index (χ1n) is 9.88. The van der Waals surface area contributed by atoms with Crippen LogP contribution in [0, 0.1) is 5.92 Å². The number of hydrogen-bond acceptors (Lipinski definition) is 4. The van der Waals surface area contributed by atoms with Gasteiger partial charge in [0.05, 0.1) is 11.9 Å². The van der Waals surface area contributed by atoms with Crippen LogP contribution in [0.4, 0.5) is 5.69 Å². The molecule has 1 unspecified atom stereocenters. The fourth-order valence-electron chi connectivity index (χ4n) is 2.64. The Hall–Kier alpha value is -2.87. The minimum Gasteiger partial charge on any atom is -0.489 e. The molecular weight excluding hydrogens is 529 g/mol. The van der Waals surface area contributed by atoms with E-state index in [2.05, 4.69) is 31.8 Å². The van der Waals surface area contributed by atoms with Crippen LogP contribution in [0.5, 0.6) is 5.75 Å². The second kappa shape index (κ2) is 11.8. The second-order valence-electron chi connectivity index (χ2n) is 7.02. The van der Waals surface area contributed by atoms with Crippen molar-refractivity contribution in [2.45, 2.75) is 13.5 Å². The maximum atomic E-state index is 12.3. The van der Waals surface area contributed by atoms with Crippen molar-refractivity contribution in [3.8, 4) is 5.75 Å². The SMILES string of the molecule is CC(C(=O)NN=Cc1ccc(OCc2ccc(Cl)cc2Cl)cc1)C(=O)Nc1ccccc1Br. The lowest BCUT2D eigenvalue weighted by Crippen LogP contribution is -2.34. The third-order valence-electron chi connectivity index (χ3n) is 4.60. The molecule has 0 spiro atoms. The topological polar surface area (TPSA) is 79.8 Å². The molecule has 0 saturated heterocycles. The van der Waals surface area contributed by atoms with Gasteiger partial charge in [0.25, 0.3) is 5.91 Å². The number of hydrazone groups is 1. The molecule has 0 heterocycles. The standard InChI is InChI=1S/C24H20BrCl2N3O3/c1-15(23(31)29-22-5-3-2-4-20(22)25)24(32)30-28-13-16-6-10-19(11-7-16)33-14-17-8-9-18(26)12-21(17)27/h2-13,15H,14H2,1H3,(H,29,31)(H,30,32). The predicted molar refractivity (Wildman–Crippen MR) is 135 cm³/mol. The minimum atomic E-state index is -0.926. The Morgan fingerprint density at radius 1 is 1.06 bits per heavy atom. The molecule has 33 heavy (non-hydrogen) atoms. The molecule has 6 nitrogen and oxygen atoms in total. The van der Waals surface area contributed by atoms with Crippen molar-refractivity contribution >= 4 is 62.8 Å². The number of carbonyl (C=O) groups excluding carboxylic acids is 2. The maximum Gasteiger partial charge on any atom is 0.252 e. The number of ether oxygens (including phenoxy) is 1. The van der Waals surface area contributed by atoms with E-state index in [-0.39, 0.29) is 0 Å². The zero-order valence-electron chi connectivity index (χ0n) is 17.5. The Bertz CT molecular complexity index is 1170. The Labute approximate surface area is 210 Å². The summed E-state index contributed by atoms with van der Waals surface area (Å²) >= 11 is 15.4. The van der Waals surface area contributed by atoms with Crippen LogP contribution in [0.3, 0.4) is 0 Å². The van der Waals surface area contributed by atoms with Gasteiger partial charge in [-0.25, -0.2) is 5.43 Å². The van der Waals surface area contributed by atoms with Crippen molar-refractivity contribution in [2.24, 2.45) is 11.0 Å². The minimum absolute atomic E-state index is 0.305. The highest BCUT2D eigenvalue weighted by molar-refractivity contribution is 9.10. The average Bonchev–Trinajstić information content (AvgIpc) is 2.80. The van der Waals surface area contributed by atoms with E-state index in [1.165, 1.54) is 13.1 Å². The number of amides is 2. The van der Waals surface area contributed by atoms with E-state index in [1.807, 2.05) is 12.1 Å². The van der Waals surface area contributed by atoms with Gasteiger partial charge in [0.15, 0.2) is 0 Å². The Morgan fingerprint density at radius 2 is 1.79 bits per heavy atom. The first kappa shape index (κ1) is 24.8. The second-order valence-corrected chi connectivity index (χ2v) is 8.72. The summed E-state index contributed by atoms with van der Waals surface area (Å²) in [6.45, 7) is 1.81. The molecule has 0 aliphatic rings. The van der Waals surface area contributed by atoms with Crippen molar-refractivity contribution in [1.82, 2.24) is 5.43 Å². The smallest absolute Gasteiger partial charge is 0.252 e. The first-order chi connectivity index (χ1) is 15.8. The van der Waals surface area contributed by atoms with Gasteiger partial charge in [-0.2, -0.15) is 5.10 Å². The third kappa shape index (κ3) is 7.32. The van der Waals surface area contributed by atoms with Gasteiger partial charge < -0.3 is 10.1 Å². The van der Waals surface area contributed by atoms with Crippen molar-refractivity contribution in [3.05, 3.63) is 92.4 Å². The van der Waals surface area contributed by atoms with Gasteiger partial charge >= 0.3 is 0 Å². The number of nitrogens with one attached hydrogen (secondary N) is 2. The van der Waals surface area contributed by atoms with E-state index < -0.39 is 17.7 Å². The lowest BCUT2D eigenvalue weighted by molar-refractivity contribution is -0.131. The van der Waals surface area contributed by atoms with Gasteiger partial charge in [-0.15, -0.1) is 0 Å². The molecule has 0 aromatic heterocycles. The molecule has 2 N–H and O–H groups in total. The van der Waals surface area contributed by atoms with Crippen LogP contribution in [0.25, 0.3) is 0 Å².